The quantitative estimate of drug-likeness (QED) is 0.335. The van der Waals surface area contributed by atoms with E-state index in [1.807, 2.05) is 0 Å². The number of amides is 2. The molecule has 3 aromatic rings. The number of carbonyl (C=O) groups excluding carboxylic acids is 2. The number of hydrogen-bond acceptors (Lipinski definition) is 4. The first-order chi connectivity index (χ1) is 18.1. The summed E-state index contributed by atoms with van der Waals surface area (Å²) in [5.74, 6) is -1.76. The van der Waals surface area contributed by atoms with Crippen molar-refractivity contribution in [2.75, 3.05) is 17.4 Å². The summed E-state index contributed by atoms with van der Waals surface area (Å²) >= 11 is 12.3. The molecule has 38 heavy (non-hydrogen) atoms. The van der Waals surface area contributed by atoms with E-state index in [4.69, 9.17) is 23.2 Å². The summed E-state index contributed by atoms with van der Waals surface area (Å²) in [5.41, 5.74) is 0.588. The number of rotatable bonds is 11. The molecule has 0 aliphatic carbocycles. The number of nitrogens with one attached hydrogen (secondary N) is 1. The van der Waals surface area contributed by atoms with E-state index in [-0.39, 0.29) is 34.5 Å². The monoisotopic (exact) mass is 579 g/mol. The zero-order chi connectivity index (χ0) is 27.9. The number of benzene rings is 3. The summed E-state index contributed by atoms with van der Waals surface area (Å²) < 4.78 is 42.2. The zero-order valence-corrected chi connectivity index (χ0v) is 23.2. The second-order valence-corrected chi connectivity index (χ2v) is 11.0. The van der Waals surface area contributed by atoms with Crippen LogP contribution in [0.15, 0.2) is 77.7 Å². The Kier molecular flexibility index (Phi) is 10.1. The fourth-order valence-electron chi connectivity index (χ4n) is 3.91. The lowest BCUT2D eigenvalue weighted by atomic mass is 10.1. The van der Waals surface area contributed by atoms with Crippen molar-refractivity contribution in [1.29, 1.82) is 0 Å². The molecule has 0 aliphatic heterocycles. The van der Waals surface area contributed by atoms with Crippen LogP contribution in [0.2, 0.25) is 10.0 Å². The topological polar surface area (TPSA) is 86.8 Å². The van der Waals surface area contributed by atoms with Crippen molar-refractivity contribution in [2.24, 2.45) is 0 Å². The van der Waals surface area contributed by atoms with E-state index in [1.54, 1.807) is 56.3 Å². The van der Waals surface area contributed by atoms with Crippen LogP contribution in [-0.2, 0) is 26.2 Å². The molecule has 202 valence electrons. The Morgan fingerprint density at radius 2 is 1.61 bits per heavy atom. The molecular weight excluding hydrogens is 552 g/mol. The molecule has 1 atom stereocenters. The number of nitrogens with zero attached hydrogens (tertiary/aromatic N) is 2. The summed E-state index contributed by atoms with van der Waals surface area (Å²) in [6.45, 7) is 3.17. The van der Waals surface area contributed by atoms with Crippen molar-refractivity contribution >= 4 is 50.7 Å². The van der Waals surface area contributed by atoms with E-state index >= 15 is 0 Å². The third-order valence-corrected chi connectivity index (χ3v) is 8.28. The lowest BCUT2D eigenvalue weighted by Gasteiger charge is -2.33. The first-order valence-corrected chi connectivity index (χ1v) is 14.1. The second-order valence-electron chi connectivity index (χ2n) is 8.35. The van der Waals surface area contributed by atoms with E-state index in [2.05, 4.69) is 5.32 Å². The largest absolute Gasteiger partial charge is 0.355 e. The molecule has 0 aromatic heterocycles. The normalized spacial score (nSPS) is 12.0. The predicted octanol–water partition coefficient (Wildman–Crippen LogP) is 5.27. The smallest absolute Gasteiger partial charge is 0.264 e. The molecule has 3 aromatic carbocycles. The fourth-order valence-corrected chi connectivity index (χ4v) is 5.71. The minimum atomic E-state index is -4.28. The maximum atomic E-state index is 13.9. The van der Waals surface area contributed by atoms with E-state index in [0.717, 1.165) is 16.4 Å². The van der Waals surface area contributed by atoms with Gasteiger partial charge < -0.3 is 10.2 Å². The Labute approximate surface area is 232 Å². The Morgan fingerprint density at radius 1 is 0.947 bits per heavy atom. The standard InChI is InChI=1S/C27H28Cl2FN3O4S/c1-3-25(27(35)31-4-2)32(17-19-10-8-9-13-22(19)28)26(34)18-33(20-14-15-24(30)23(29)16-20)38(36,37)21-11-6-5-7-12-21/h5-16,25H,3-4,17-18H2,1-2H3,(H,31,35)/t25-/m0/s1. The molecular formula is C27H28Cl2FN3O4S. The number of sulfonamides is 1. The molecule has 1 N–H and O–H groups in total. The van der Waals surface area contributed by atoms with Gasteiger partial charge in [0.25, 0.3) is 10.0 Å². The summed E-state index contributed by atoms with van der Waals surface area (Å²) in [6, 6.07) is 16.9. The maximum Gasteiger partial charge on any atom is 0.264 e. The molecule has 2 amide bonds. The fraction of sp³-hybridized carbons (Fsp3) is 0.259. The maximum absolute atomic E-state index is 13.9. The van der Waals surface area contributed by atoms with Gasteiger partial charge in [-0.2, -0.15) is 0 Å². The van der Waals surface area contributed by atoms with Gasteiger partial charge in [0.2, 0.25) is 11.8 Å². The van der Waals surface area contributed by atoms with Crippen LogP contribution in [0.5, 0.6) is 0 Å². The molecule has 0 fully saturated rings. The molecule has 0 radical (unpaired) electrons. The van der Waals surface area contributed by atoms with Gasteiger partial charge in [0.05, 0.1) is 15.6 Å². The lowest BCUT2D eigenvalue weighted by Crippen LogP contribution is -2.52. The number of carbonyl (C=O) groups is 2. The Hall–Kier alpha value is -3.14. The van der Waals surface area contributed by atoms with Gasteiger partial charge in [-0.05, 0) is 55.3 Å². The van der Waals surface area contributed by atoms with Crippen LogP contribution in [0.25, 0.3) is 0 Å². The van der Waals surface area contributed by atoms with Crippen LogP contribution in [0.4, 0.5) is 10.1 Å². The van der Waals surface area contributed by atoms with Crippen LogP contribution in [0.1, 0.15) is 25.8 Å². The molecule has 0 unspecified atom stereocenters. The minimum absolute atomic E-state index is 0.00245. The van der Waals surface area contributed by atoms with Gasteiger partial charge >= 0.3 is 0 Å². The van der Waals surface area contributed by atoms with Crippen LogP contribution in [0.3, 0.4) is 0 Å². The van der Waals surface area contributed by atoms with Gasteiger partial charge in [-0.15, -0.1) is 0 Å². The molecule has 7 nitrogen and oxygen atoms in total. The number of halogens is 3. The highest BCUT2D eigenvalue weighted by atomic mass is 35.5. The van der Waals surface area contributed by atoms with Crippen molar-refractivity contribution in [2.45, 2.75) is 37.8 Å². The van der Waals surface area contributed by atoms with Crippen molar-refractivity contribution < 1.29 is 22.4 Å². The van der Waals surface area contributed by atoms with Crippen LogP contribution < -0.4 is 9.62 Å². The Morgan fingerprint density at radius 3 is 2.21 bits per heavy atom. The van der Waals surface area contributed by atoms with Gasteiger partial charge in [0.1, 0.15) is 18.4 Å². The minimum Gasteiger partial charge on any atom is -0.355 e. The number of likely N-dealkylation sites (N-methyl/N-ethyl adjacent to an activating group) is 1. The van der Waals surface area contributed by atoms with Gasteiger partial charge in [-0.1, -0.05) is 66.5 Å². The van der Waals surface area contributed by atoms with Crippen molar-refractivity contribution in [1.82, 2.24) is 10.2 Å². The van der Waals surface area contributed by atoms with Gasteiger partial charge in [0.15, 0.2) is 0 Å². The van der Waals surface area contributed by atoms with E-state index in [1.165, 1.54) is 23.1 Å². The van der Waals surface area contributed by atoms with E-state index < -0.39 is 34.3 Å². The second kappa shape index (κ2) is 13.1. The third-order valence-electron chi connectivity index (χ3n) is 5.84. The SMILES string of the molecule is CCNC(=O)[C@H](CC)N(Cc1ccccc1Cl)C(=O)CN(c1ccc(F)c(Cl)c1)S(=O)(=O)c1ccccc1. The molecule has 0 saturated heterocycles. The molecule has 0 bridgehead atoms. The van der Waals surface area contributed by atoms with E-state index in [9.17, 15) is 22.4 Å². The first-order valence-electron chi connectivity index (χ1n) is 11.9. The summed E-state index contributed by atoms with van der Waals surface area (Å²) in [5, 5.41) is 2.83. The first kappa shape index (κ1) is 29.4. The molecule has 0 aliphatic rings. The van der Waals surface area contributed by atoms with Gasteiger partial charge in [-0.25, -0.2) is 12.8 Å². The highest BCUT2D eigenvalue weighted by Gasteiger charge is 2.34. The van der Waals surface area contributed by atoms with E-state index in [0.29, 0.717) is 17.1 Å². The van der Waals surface area contributed by atoms with Crippen molar-refractivity contribution in [3.63, 3.8) is 0 Å². The Balaban J connectivity index is 2.08. The highest BCUT2D eigenvalue weighted by Crippen LogP contribution is 2.28. The zero-order valence-electron chi connectivity index (χ0n) is 20.9. The average molecular weight is 581 g/mol. The lowest BCUT2D eigenvalue weighted by molar-refractivity contribution is -0.140. The highest BCUT2D eigenvalue weighted by molar-refractivity contribution is 7.92. The Bertz CT molecular complexity index is 1390. The average Bonchev–Trinajstić information content (AvgIpc) is 2.90. The van der Waals surface area contributed by atoms with Gasteiger partial charge in [0, 0.05) is 18.1 Å². The molecule has 3 rings (SSSR count). The molecule has 0 heterocycles. The summed E-state index contributed by atoms with van der Waals surface area (Å²) in [4.78, 5) is 28.0. The van der Waals surface area contributed by atoms with Crippen LogP contribution >= 0.6 is 23.2 Å². The number of hydrogen-bond donors (Lipinski definition) is 1. The van der Waals surface area contributed by atoms with Gasteiger partial charge in [-0.3, -0.25) is 13.9 Å². The molecule has 11 heteroatoms. The number of anilines is 1. The van der Waals surface area contributed by atoms with Crippen LogP contribution in [-0.4, -0.2) is 44.3 Å². The molecule has 0 saturated carbocycles. The van der Waals surface area contributed by atoms with Crippen LogP contribution in [0, 0.1) is 5.82 Å². The van der Waals surface area contributed by atoms with Crippen molar-refractivity contribution in [3.8, 4) is 0 Å². The summed E-state index contributed by atoms with van der Waals surface area (Å²) in [6.07, 6.45) is 0.274. The summed E-state index contributed by atoms with van der Waals surface area (Å²) in [7, 11) is -4.28. The molecule has 0 spiro atoms. The predicted molar refractivity (Wildman–Crippen MR) is 147 cm³/mol. The third kappa shape index (κ3) is 6.83. The van der Waals surface area contributed by atoms with Crippen molar-refractivity contribution in [3.05, 3.63) is 94.2 Å².